The lowest BCUT2D eigenvalue weighted by atomic mass is 10.2. The number of hydrogen-bond acceptors (Lipinski definition) is 4. The molecule has 1 aromatic heterocycles. The standard InChI is InChI=1S/C18H24F3N5S.HI/c1-22-17(24-12-16-25-15(13-27-16)18(19,20)21)23-10-6-7-11-26(2)14-8-4-3-5-9-14;/h3-5,8-9,13H,6-7,10-12H2,1-2H3,(H2,22,23,24);1H. The zero-order chi connectivity index (χ0) is 19.7. The smallest absolute Gasteiger partial charge is 0.375 e. The zero-order valence-corrected chi connectivity index (χ0v) is 18.9. The van der Waals surface area contributed by atoms with Crippen LogP contribution < -0.4 is 15.5 Å². The summed E-state index contributed by atoms with van der Waals surface area (Å²) in [6.07, 6.45) is -2.44. The number of rotatable bonds is 8. The molecule has 0 fully saturated rings. The van der Waals surface area contributed by atoms with E-state index in [1.165, 1.54) is 5.69 Å². The van der Waals surface area contributed by atoms with Crippen LogP contribution in [0.15, 0.2) is 40.7 Å². The molecular formula is C18H25F3IN5S. The topological polar surface area (TPSA) is 52.6 Å². The second-order valence-corrected chi connectivity index (χ2v) is 6.88. The van der Waals surface area contributed by atoms with Crippen LogP contribution in [0.4, 0.5) is 18.9 Å². The summed E-state index contributed by atoms with van der Waals surface area (Å²) in [5.41, 5.74) is 0.333. The van der Waals surface area contributed by atoms with Crippen molar-refractivity contribution in [3.05, 3.63) is 46.4 Å². The maximum Gasteiger partial charge on any atom is 0.434 e. The SMILES string of the molecule is CN=C(NCCCCN(C)c1ccccc1)NCc1nc(C(F)(F)F)cs1.I. The van der Waals surface area contributed by atoms with Gasteiger partial charge in [-0.25, -0.2) is 4.98 Å². The van der Waals surface area contributed by atoms with Gasteiger partial charge in [-0.15, -0.1) is 35.3 Å². The molecule has 156 valence electrons. The molecular weight excluding hydrogens is 502 g/mol. The second-order valence-electron chi connectivity index (χ2n) is 5.94. The van der Waals surface area contributed by atoms with E-state index in [4.69, 9.17) is 0 Å². The predicted octanol–water partition coefficient (Wildman–Crippen LogP) is 4.36. The van der Waals surface area contributed by atoms with Crippen LogP contribution in [0.5, 0.6) is 0 Å². The fourth-order valence-electron chi connectivity index (χ4n) is 2.39. The van der Waals surface area contributed by atoms with E-state index < -0.39 is 11.9 Å². The van der Waals surface area contributed by atoms with Gasteiger partial charge in [0.25, 0.3) is 0 Å². The van der Waals surface area contributed by atoms with Gasteiger partial charge in [-0.3, -0.25) is 4.99 Å². The lowest BCUT2D eigenvalue weighted by Gasteiger charge is -2.19. The lowest BCUT2D eigenvalue weighted by Crippen LogP contribution is -2.37. The molecule has 2 rings (SSSR count). The molecule has 0 unspecified atom stereocenters. The van der Waals surface area contributed by atoms with Gasteiger partial charge in [0.1, 0.15) is 5.01 Å². The number of hydrogen-bond donors (Lipinski definition) is 2. The first-order chi connectivity index (χ1) is 12.9. The summed E-state index contributed by atoms with van der Waals surface area (Å²) >= 11 is 0.980. The van der Waals surface area contributed by atoms with Crippen molar-refractivity contribution >= 4 is 47.0 Å². The predicted molar refractivity (Wildman–Crippen MR) is 120 cm³/mol. The molecule has 0 saturated carbocycles. The minimum absolute atomic E-state index is 0. The molecule has 0 saturated heterocycles. The van der Waals surface area contributed by atoms with Crippen molar-refractivity contribution in [1.82, 2.24) is 15.6 Å². The van der Waals surface area contributed by atoms with Crippen LogP contribution in [0.1, 0.15) is 23.5 Å². The van der Waals surface area contributed by atoms with Crippen molar-refractivity contribution in [2.75, 3.05) is 32.1 Å². The van der Waals surface area contributed by atoms with E-state index in [-0.39, 0.29) is 30.5 Å². The van der Waals surface area contributed by atoms with E-state index >= 15 is 0 Å². The summed E-state index contributed by atoms with van der Waals surface area (Å²) in [6.45, 7) is 1.88. The van der Waals surface area contributed by atoms with Crippen molar-refractivity contribution in [1.29, 1.82) is 0 Å². The molecule has 2 N–H and O–H groups in total. The number of alkyl halides is 3. The highest BCUT2D eigenvalue weighted by Gasteiger charge is 2.33. The molecule has 1 heterocycles. The van der Waals surface area contributed by atoms with E-state index in [0.717, 1.165) is 42.6 Å². The quantitative estimate of drug-likeness (QED) is 0.232. The summed E-state index contributed by atoms with van der Waals surface area (Å²) < 4.78 is 37.7. The fraction of sp³-hybridized carbons (Fsp3) is 0.444. The number of anilines is 1. The first-order valence-electron chi connectivity index (χ1n) is 8.62. The minimum Gasteiger partial charge on any atom is -0.375 e. The number of nitrogens with zero attached hydrogens (tertiary/aromatic N) is 3. The van der Waals surface area contributed by atoms with Crippen LogP contribution in [0.25, 0.3) is 0 Å². The average Bonchev–Trinajstić information content (AvgIpc) is 3.14. The lowest BCUT2D eigenvalue weighted by molar-refractivity contribution is -0.140. The Labute approximate surface area is 184 Å². The highest BCUT2D eigenvalue weighted by Crippen LogP contribution is 2.29. The van der Waals surface area contributed by atoms with Gasteiger partial charge in [-0.1, -0.05) is 18.2 Å². The fourth-order valence-corrected chi connectivity index (χ4v) is 3.14. The molecule has 0 radical (unpaired) electrons. The maximum atomic E-state index is 12.6. The van der Waals surface area contributed by atoms with Gasteiger partial charge in [-0.2, -0.15) is 13.2 Å². The van der Waals surface area contributed by atoms with Crippen molar-refractivity contribution in [2.45, 2.75) is 25.6 Å². The maximum absolute atomic E-state index is 12.6. The van der Waals surface area contributed by atoms with Gasteiger partial charge in [0.05, 0.1) is 6.54 Å². The van der Waals surface area contributed by atoms with E-state index in [1.807, 2.05) is 18.2 Å². The van der Waals surface area contributed by atoms with Crippen molar-refractivity contribution in [3.63, 3.8) is 0 Å². The average molecular weight is 527 g/mol. The van der Waals surface area contributed by atoms with Crippen LogP contribution in [-0.4, -0.2) is 38.1 Å². The Morgan fingerprint density at radius 2 is 1.89 bits per heavy atom. The molecule has 0 spiro atoms. The molecule has 10 heteroatoms. The van der Waals surface area contributed by atoms with Crippen molar-refractivity contribution in [3.8, 4) is 0 Å². The van der Waals surface area contributed by atoms with E-state index in [1.54, 1.807) is 7.05 Å². The molecule has 0 atom stereocenters. The molecule has 0 amide bonds. The van der Waals surface area contributed by atoms with Crippen LogP contribution in [0, 0.1) is 0 Å². The Morgan fingerprint density at radius 3 is 2.50 bits per heavy atom. The highest BCUT2D eigenvalue weighted by atomic mass is 127. The third-order valence-corrected chi connectivity index (χ3v) is 4.73. The number of nitrogens with one attached hydrogen (secondary N) is 2. The Bertz CT molecular complexity index is 722. The Kier molecular flexibility index (Phi) is 10.6. The van der Waals surface area contributed by atoms with Crippen LogP contribution in [0.3, 0.4) is 0 Å². The van der Waals surface area contributed by atoms with E-state index in [0.29, 0.717) is 11.0 Å². The number of guanidine groups is 1. The second kappa shape index (κ2) is 12.1. The minimum atomic E-state index is -4.40. The summed E-state index contributed by atoms with van der Waals surface area (Å²) in [5.74, 6) is 0.551. The molecule has 5 nitrogen and oxygen atoms in total. The van der Waals surface area contributed by atoms with Gasteiger partial charge < -0.3 is 15.5 Å². The van der Waals surface area contributed by atoms with Gasteiger partial charge >= 0.3 is 6.18 Å². The van der Waals surface area contributed by atoms with Gasteiger partial charge in [0.2, 0.25) is 0 Å². The van der Waals surface area contributed by atoms with Crippen LogP contribution in [0.2, 0.25) is 0 Å². The Morgan fingerprint density at radius 1 is 1.18 bits per heavy atom. The number of unbranched alkanes of at least 4 members (excludes halogenated alkanes) is 1. The summed E-state index contributed by atoms with van der Waals surface area (Å²) in [4.78, 5) is 9.87. The Balaban J connectivity index is 0.00000392. The Hall–Kier alpha value is -1.56. The molecule has 2 aromatic rings. The number of para-hydroxylation sites is 1. The normalized spacial score (nSPS) is 11.7. The van der Waals surface area contributed by atoms with E-state index in [9.17, 15) is 13.2 Å². The monoisotopic (exact) mass is 527 g/mol. The van der Waals surface area contributed by atoms with Crippen molar-refractivity contribution in [2.24, 2.45) is 4.99 Å². The first-order valence-corrected chi connectivity index (χ1v) is 9.50. The van der Waals surface area contributed by atoms with Gasteiger partial charge in [0, 0.05) is 38.3 Å². The van der Waals surface area contributed by atoms with E-state index in [2.05, 4.69) is 44.7 Å². The third kappa shape index (κ3) is 8.21. The largest absolute Gasteiger partial charge is 0.434 e. The third-order valence-electron chi connectivity index (χ3n) is 3.88. The molecule has 0 aliphatic heterocycles. The number of aromatic nitrogens is 1. The summed E-state index contributed by atoms with van der Waals surface area (Å²) in [6, 6.07) is 10.2. The molecule has 28 heavy (non-hydrogen) atoms. The number of aliphatic imine (C=N–C) groups is 1. The summed E-state index contributed by atoms with van der Waals surface area (Å²) in [5, 5.41) is 7.54. The first kappa shape index (κ1) is 24.5. The molecule has 0 aliphatic rings. The molecule has 0 aliphatic carbocycles. The zero-order valence-electron chi connectivity index (χ0n) is 15.8. The molecule has 1 aromatic carbocycles. The summed E-state index contributed by atoms with van der Waals surface area (Å²) in [7, 11) is 3.69. The number of benzene rings is 1. The highest BCUT2D eigenvalue weighted by molar-refractivity contribution is 14.0. The number of halogens is 4. The molecule has 0 bridgehead atoms. The van der Waals surface area contributed by atoms with Crippen molar-refractivity contribution < 1.29 is 13.2 Å². The van der Waals surface area contributed by atoms with Gasteiger partial charge in [-0.05, 0) is 25.0 Å². The number of thiazole rings is 1. The van der Waals surface area contributed by atoms with Gasteiger partial charge in [0.15, 0.2) is 11.7 Å². The van der Waals surface area contributed by atoms with Crippen LogP contribution >= 0.6 is 35.3 Å². The van der Waals surface area contributed by atoms with Crippen LogP contribution in [-0.2, 0) is 12.7 Å².